The van der Waals surface area contributed by atoms with Crippen LogP contribution in [0.15, 0.2) is 40.1 Å². The molecule has 10 heteroatoms. The van der Waals surface area contributed by atoms with Gasteiger partial charge in [0, 0.05) is 10.6 Å². The third-order valence-electron chi connectivity index (χ3n) is 4.73. The third kappa shape index (κ3) is 5.24. The maximum absolute atomic E-state index is 12.7. The first kappa shape index (κ1) is 22.4. The summed E-state index contributed by atoms with van der Waals surface area (Å²) < 4.78 is 15.6. The summed E-state index contributed by atoms with van der Waals surface area (Å²) in [4.78, 5) is 37.3. The van der Waals surface area contributed by atoms with E-state index in [-0.39, 0.29) is 30.9 Å². The summed E-state index contributed by atoms with van der Waals surface area (Å²) in [6, 6.07) is 5.36. The van der Waals surface area contributed by atoms with Gasteiger partial charge in [0.1, 0.15) is 12.4 Å². The van der Waals surface area contributed by atoms with Crippen LogP contribution in [0.1, 0.15) is 35.5 Å². The third-order valence-corrected chi connectivity index (χ3v) is 4.98. The minimum absolute atomic E-state index is 0.0456. The lowest BCUT2D eigenvalue weighted by Gasteiger charge is -2.29. The second-order valence-electron chi connectivity index (χ2n) is 6.84. The number of nitrogens with zero attached hydrogens (tertiary/aromatic N) is 1. The number of benzene rings is 1. The number of rotatable bonds is 7. The lowest BCUT2D eigenvalue weighted by atomic mass is 9.95. The second-order valence-corrected chi connectivity index (χ2v) is 7.27. The van der Waals surface area contributed by atoms with E-state index in [2.05, 4.69) is 15.8 Å². The molecule has 0 saturated carbocycles. The number of nitrogens with one attached hydrogen (secondary N) is 2. The van der Waals surface area contributed by atoms with Gasteiger partial charge in [-0.25, -0.2) is 9.59 Å². The molecule has 2 N–H and O–H groups in total. The Balaban J connectivity index is 1.86. The quantitative estimate of drug-likeness (QED) is 0.626. The van der Waals surface area contributed by atoms with Crippen LogP contribution < -0.4 is 10.6 Å². The van der Waals surface area contributed by atoms with Crippen LogP contribution in [0, 0.1) is 13.8 Å². The smallest absolute Gasteiger partial charge is 0.338 e. The number of carbonyl (C=O) groups is 3. The second kappa shape index (κ2) is 9.65. The van der Waals surface area contributed by atoms with Crippen molar-refractivity contribution >= 4 is 29.6 Å². The molecule has 164 valence electrons. The van der Waals surface area contributed by atoms with Gasteiger partial charge < -0.3 is 24.6 Å². The molecule has 0 spiro atoms. The Morgan fingerprint density at radius 2 is 1.90 bits per heavy atom. The molecular weight excluding hydrogens is 426 g/mol. The van der Waals surface area contributed by atoms with Crippen molar-refractivity contribution < 1.29 is 28.4 Å². The predicted octanol–water partition coefficient (Wildman–Crippen LogP) is 2.90. The Labute approximate surface area is 183 Å². The van der Waals surface area contributed by atoms with E-state index < -0.39 is 24.0 Å². The van der Waals surface area contributed by atoms with Crippen molar-refractivity contribution in [1.82, 2.24) is 15.8 Å². The first-order valence-electron chi connectivity index (χ1n) is 9.60. The number of urea groups is 1. The van der Waals surface area contributed by atoms with Crippen molar-refractivity contribution in [2.24, 2.45) is 0 Å². The zero-order valence-electron chi connectivity index (χ0n) is 17.3. The molecule has 0 radical (unpaired) electrons. The van der Waals surface area contributed by atoms with Crippen molar-refractivity contribution in [2.45, 2.75) is 33.2 Å². The van der Waals surface area contributed by atoms with E-state index in [9.17, 15) is 14.4 Å². The van der Waals surface area contributed by atoms with Crippen LogP contribution in [0.4, 0.5) is 4.79 Å². The van der Waals surface area contributed by atoms with E-state index in [1.54, 1.807) is 45.0 Å². The summed E-state index contributed by atoms with van der Waals surface area (Å²) in [7, 11) is 0. The maximum Gasteiger partial charge on any atom is 0.338 e. The van der Waals surface area contributed by atoms with Gasteiger partial charge in [-0.1, -0.05) is 28.9 Å². The molecule has 0 unspecified atom stereocenters. The normalized spacial score (nSPS) is 15.9. The molecule has 2 amide bonds. The van der Waals surface area contributed by atoms with Gasteiger partial charge >= 0.3 is 18.0 Å². The van der Waals surface area contributed by atoms with Crippen LogP contribution in [-0.2, 0) is 25.5 Å². The summed E-state index contributed by atoms with van der Waals surface area (Å²) >= 11 is 5.95. The zero-order valence-corrected chi connectivity index (χ0v) is 18.0. The predicted molar refractivity (Wildman–Crippen MR) is 110 cm³/mol. The Hall–Kier alpha value is -3.33. The molecule has 1 aliphatic rings. The Morgan fingerprint density at radius 3 is 2.52 bits per heavy atom. The Kier molecular flexibility index (Phi) is 6.96. The standard InChI is InChI=1S/C21H22ClN3O6/c1-4-29-20(27)18-16(10-30-17(26)9-15-11(2)25-31-12(15)3)23-21(28)24-19(18)13-5-7-14(22)8-6-13/h5-8,19H,4,9-10H2,1-3H3,(H2,23,24,28)/t19-/m0/s1. The zero-order chi connectivity index (χ0) is 22.5. The van der Waals surface area contributed by atoms with Crippen LogP contribution in [0.25, 0.3) is 0 Å². The van der Waals surface area contributed by atoms with Gasteiger partial charge in [-0.15, -0.1) is 0 Å². The number of ether oxygens (including phenoxy) is 2. The van der Waals surface area contributed by atoms with Gasteiger partial charge in [0.05, 0.1) is 36.0 Å². The van der Waals surface area contributed by atoms with E-state index in [1.165, 1.54) is 0 Å². The largest absolute Gasteiger partial charge is 0.463 e. The minimum atomic E-state index is -0.790. The number of aromatic nitrogens is 1. The van der Waals surface area contributed by atoms with Crippen molar-refractivity contribution in [3.05, 3.63) is 63.1 Å². The number of aryl methyl sites for hydroxylation is 2. The molecule has 3 rings (SSSR count). The van der Waals surface area contributed by atoms with Crippen molar-refractivity contribution in [3.63, 3.8) is 0 Å². The monoisotopic (exact) mass is 447 g/mol. The molecule has 0 fully saturated rings. The molecule has 2 heterocycles. The molecule has 2 aromatic rings. The molecule has 1 aliphatic heterocycles. The highest BCUT2D eigenvalue weighted by Gasteiger charge is 2.34. The summed E-state index contributed by atoms with van der Waals surface area (Å²) in [5, 5.41) is 9.57. The number of halogens is 1. The van der Waals surface area contributed by atoms with Crippen molar-refractivity contribution in [1.29, 1.82) is 0 Å². The van der Waals surface area contributed by atoms with Crippen molar-refractivity contribution in [2.75, 3.05) is 13.2 Å². The molecular formula is C21H22ClN3O6. The number of hydrogen-bond acceptors (Lipinski definition) is 7. The van der Waals surface area contributed by atoms with Crippen LogP contribution in [0.2, 0.25) is 5.02 Å². The van der Waals surface area contributed by atoms with E-state index >= 15 is 0 Å². The Morgan fingerprint density at radius 1 is 1.19 bits per heavy atom. The average molecular weight is 448 g/mol. The van der Waals surface area contributed by atoms with Crippen LogP contribution in [0.3, 0.4) is 0 Å². The molecule has 9 nitrogen and oxygen atoms in total. The van der Waals surface area contributed by atoms with E-state index in [1.807, 2.05) is 0 Å². The number of carbonyl (C=O) groups excluding carboxylic acids is 3. The highest BCUT2D eigenvalue weighted by Crippen LogP contribution is 2.29. The summed E-state index contributed by atoms with van der Waals surface area (Å²) in [6.45, 7) is 4.93. The molecule has 0 aliphatic carbocycles. The lowest BCUT2D eigenvalue weighted by molar-refractivity contribution is -0.143. The fourth-order valence-electron chi connectivity index (χ4n) is 3.19. The molecule has 0 saturated heterocycles. The number of hydrogen-bond donors (Lipinski definition) is 2. The SMILES string of the molecule is CCOC(=O)C1=C(COC(=O)Cc2c(C)noc2C)NC(=O)N[C@H]1c1ccc(Cl)cc1. The molecule has 1 atom stereocenters. The first-order chi connectivity index (χ1) is 14.8. The van der Waals surface area contributed by atoms with E-state index in [0.29, 0.717) is 27.6 Å². The first-order valence-corrected chi connectivity index (χ1v) is 9.98. The summed E-state index contributed by atoms with van der Waals surface area (Å²) in [6.07, 6.45) is -0.0456. The molecule has 1 aromatic heterocycles. The van der Waals surface area contributed by atoms with Crippen LogP contribution in [-0.4, -0.2) is 36.3 Å². The fourth-order valence-corrected chi connectivity index (χ4v) is 3.32. The van der Waals surface area contributed by atoms with Gasteiger partial charge in [0.2, 0.25) is 0 Å². The fraction of sp³-hybridized carbons (Fsp3) is 0.333. The highest BCUT2D eigenvalue weighted by atomic mass is 35.5. The van der Waals surface area contributed by atoms with E-state index in [4.69, 9.17) is 25.6 Å². The summed E-state index contributed by atoms with van der Waals surface area (Å²) in [5.74, 6) is -0.661. The minimum Gasteiger partial charge on any atom is -0.463 e. The van der Waals surface area contributed by atoms with Crippen molar-refractivity contribution in [3.8, 4) is 0 Å². The van der Waals surface area contributed by atoms with Gasteiger partial charge in [-0.2, -0.15) is 0 Å². The van der Waals surface area contributed by atoms with Crippen LogP contribution >= 0.6 is 11.6 Å². The van der Waals surface area contributed by atoms with Gasteiger partial charge in [-0.3, -0.25) is 4.79 Å². The van der Waals surface area contributed by atoms with Gasteiger partial charge in [0.15, 0.2) is 0 Å². The molecule has 31 heavy (non-hydrogen) atoms. The maximum atomic E-state index is 12.7. The molecule has 1 aromatic carbocycles. The highest BCUT2D eigenvalue weighted by molar-refractivity contribution is 6.30. The summed E-state index contributed by atoms with van der Waals surface area (Å²) in [5.41, 5.74) is 2.15. The number of amides is 2. The van der Waals surface area contributed by atoms with E-state index in [0.717, 1.165) is 0 Å². The van der Waals surface area contributed by atoms with Gasteiger partial charge in [-0.05, 0) is 38.5 Å². The molecule has 0 bridgehead atoms. The van der Waals surface area contributed by atoms with Gasteiger partial charge in [0.25, 0.3) is 0 Å². The number of esters is 2. The Bertz CT molecular complexity index is 1010. The topological polar surface area (TPSA) is 120 Å². The lowest BCUT2D eigenvalue weighted by Crippen LogP contribution is -2.47. The average Bonchev–Trinajstić information content (AvgIpc) is 3.04. The van der Waals surface area contributed by atoms with Crippen LogP contribution in [0.5, 0.6) is 0 Å².